The molecule has 0 saturated carbocycles. The third-order valence-corrected chi connectivity index (χ3v) is 4.33. The Morgan fingerprint density at radius 3 is 2.42 bits per heavy atom. The molecule has 1 saturated heterocycles. The van der Waals surface area contributed by atoms with Crippen molar-refractivity contribution in [3.63, 3.8) is 0 Å². The summed E-state index contributed by atoms with van der Waals surface area (Å²) in [7, 11) is 3.21. The second-order valence-electron chi connectivity index (χ2n) is 6.04. The molecule has 1 aliphatic heterocycles. The van der Waals surface area contributed by atoms with E-state index >= 15 is 0 Å². The number of piperidine rings is 1. The molecule has 1 aromatic rings. The van der Waals surface area contributed by atoms with Gasteiger partial charge in [0.2, 0.25) is 11.8 Å². The molecule has 2 rings (SSSR count). The number of hydrogen-bond acceptors (Lipinski definition) is 4. The highest BCUT2D eigenvalue weighted by molar-refractivity contribution is 5.77. The normalized spacial score (nSPS) is 15.0. The van der Waals surface area contributed by atoms with Gasteiger partial charge in [0, 0.05) is 32.5 Å². The molecule has 24 heavy (non-hydrogen) atoms. The van der Waals surface area contributed by atoms with E-state index in [2.05, 4.69) is 5.32 Å². The minimum atomic E-state index is -0.00627. The predicted molar refractivity (Wildman–Crippen MR) is 91.3 cm³/mol. The van der Waals surface area contributed by atoms with Crippen molar-refractivity contribution in [2.75, 3.05) is 27.3 Å². The number of ether oxygens (including phenoxy) is 2. The first-order chi connectivity index (χ1) is 11.5. The Hall–Kier alpha value is -2.24. The number of carbonyl (C=O) groups excluding carboxylic acids is 2. The van der Waals surface area contributed by atoms with Crippen LogP contribution in [0.2, 0.25) is 0 Å². The SMILES string of the molecule is COc1ccc(CCC(=O)N2CCC(NC(C)=O)CC2)cc1OC. The summed E-state index contributed by atoms with van der Waals surface area (Å²) < 4.78 is 10.5. The molecule has 0 atom stereocenters. The minimum Gasteiger partial charge on any atom is -0.493 e. The average Bonchev–Trinajstić information content (AvgIpc) is 2.59. The second kappa shape index (κ2) is 8.57. The molecule has 1 N–H and O–H groups in total. The molecule has 6 nitrogen and oxygen atoms in total. The number of methoxy groups -OCH3 is 2. The van der Waals surface area contributed by atoms with Gasteiger partial charge in [-0.05, 0) is 37.0 Å². The average molecular weight is 334 g/mol. The topological polar surface area (TPSA) is 67.9 Å². The van der Waals surface area contributed by atoms with Gasteiger partial charge in [0.1, 0.15) is 0 Å². The van der Waals surface area contributed by atoms with Gasteiger partial charge in [-0.15, -0.1) is 0 Å². The highest BCUT2D eigenvalue weighted by Crippen LogP contribution is 2.28. The second-order valence-corrected chi connectivity index (χ2v) is 6.04. The van der Waals surface area contributed by atoms with Crippen molar-refractivity contribution in [3.05, 3.63) is 23.8 Å². The van der Waals surface area contributed by atoms with Crippen LogP contribution in [0.25, 0.3) is 0 Å². The molecule has 0 spiro atoms. The zero-order valence-corrected chi connectivity index (χ0v) is 14.6. The van der Waals surface area contributed by atoms with Gasteiger partial charge in [-0.3, -0.25) is 9.59 Å². The third kappa shape index (κ3) is 4.88. The van der Waals surface area contributed by atoms with E-state index in [1.54, 1.807) is 14.2 Å². The summed E-state index contributed by atoms with van der Waals surface area (Å²) in [6.45, 7) is 2.94. The Labute approximate surface area is 143 Å². The number of hydrogen-bond donors (Lipinski definition) is 1. The van der Waals surface area contributed by atoms with E-state index in [0.717, 1.165) is 18.4 Å². The fourth-order valence-corrected chi connectivity index (χ4v) is 3.01. The lowest BCUT2D eigenvalue weighted by Gasteiger charge is -2.32. The predicted octanol–water partition coefficient (Wildman–Crippen LogP) is 1.76. The van der Waals surface area contributed by atoms with Crippen molar-refractivity contribution in [1.29, 1.82) is 0 Å². The Balaban J connectivity index is 1.82. The molecule has 0 bridgehead atoms. The number of carbonyl (C=O) groups is 2. The van der Waals surface area contributed by atoms with Crippen molar-refractivity contribution < 1.29 is 19.1 Å². The summed E-state index contributed by atoms with van der Waals surface area (Å²) in [6.07, 6.45) is 2.79. The van der Waals surface area contributed by atoms with Gasteiger partial charge in [0.25, 0.3) is 0 Å². The minimum absolute atomic E-state index is 0.00627. The largest absolute Gasteiger partial charge is 0.493 e. The summed E-state index contributed by atoms with van der Waals surface area (Å²) in [6, 6.07) is 5.92. The van der Waals surface area contributed by atoms with Crippen LogP contribution in [0.3, 0.4) is 0 Å². The molecule has 1 aromatic carbocycles. The van der Waals surface area contributed by atoms with Gasteiger partial charge in [-0.25, -0.2) is 0 Å². The smallest absolute Gasteiger partial charge is 0.222 e. The van der Waals surface area contributed by atoms with Crippen LogP contribution in [0.15, 0.2) is 18.2 Å². The lowest BCUT2D eigenvalue weighted by Crippen LogP contribution is -2.46. The molecule has 6 heteroatoms. The van der Waals surface area contributed by atoms with E-state index in [9.17, 15) is 9.59 Å². The fourth-order valence-electron chi connectivity index (χ4n) is 3.01. The summed E-state index contributed by atoms with van der Waals surface area (Å²) in [5, 5.41) is 2.92. The van der Waals surface area contributed by atoms with Gasteiger partial charge in [-0.1, -0.05) is 6.07 Å². The van der Waals surface area contributed by atoms with Gasteiger partial charge in [0.15, 0.2) is 11.5 Å². The van der Waals surface area contributed by atoms with E-state index in [4.69, 9.17) is 9.47 Å². The quantitative estimate of drug-likeness (QED) is 0.861. The summed E-state index contributed by atoms with van der Waals surface area (Å²) in [5.41, 5.74) is 1.05. The van der Waals surface area contributed by atoms with Gasteiger partial charge in [-0.2, -0.15) is 0 Å². The molecule has 2 amide bonds. The van der Waals surface area contributed by atoms with Crippen LogP contribution in [0.5, 0.6) is 11.5 Å². The van der Waals surface area contributed by atoms with Gasteiger partial charge in [0.05, 0.1) is 14.2 Å². The molecule has 1 aliphatic rings. The van der Waals surface area contributed by atoms with Crippen molar-refractivity contribution in [2.45, 2.75) is 38.6 Å². The highest BCUT2D eigenvalue weighted by atomic mass is 16.5. The molecular formula is C18H26N2O4. The molecule has 0 unspecified atom stereocenters. The first-order valence-electron chi connectivity index (χ1n) is 8.29. The molecule has 1 fully saturated rings. The summed E-state index contributed by atoms with van der Waals surface area (Å²) >= 11 is 0. The number of rotatable bonds is 6. The molecular weight excluding hydrogens is 308 g/mol. The van der Waals surface area contributed by atoms with Crippen LogP contribution < -0.4 is 14.8 Å². The number of benzene rings is 1. The van der Waals surface area contributed by atoms with Crippen LogP contribution in [-0.2, 0) is 16.0 Å². The van der Waals surface area contributed by atoms with Crippen molar-refractivity contribution in [2.24, 2.45) is 0 Å². The maximum Gasteiger partial charge on any atom is 0.222 e. The maximum absolute atomic E-state index is 12.4. The van der Waals surface area contributed by atoms with Gasteiger partial charge >= 0.3 is 0 Å². The number of aryl methyl sites for hydroxylation is 1. The van der Waals surface area contributed by atoms with E-state index in [0.29, 0.717) is 37.4 Å². The zero-order chi connectivity index (χ0) is 17.5. The Morgan fingerprint density at radius 2 is 1.83 bits per heavy atom. The zero-order valence-electron chi connectivity index (χ0n) is 14.6. The highest BCUT2D eigenvalue weighted by Gasteiger charge is 2.22. The van der Waals surface area contributed by atoms with E-state index in [1.807, 2.05) is 23.1 Å². The summed E-state index contributed by atoms with van der Waals surface area (Å²) in [4.78, 5) is 25.3. The standard InChI is InChI=1S/C18H26N2O4/c1-13(21)19-15-8-10-20(11-9-15)18(22)7-5-14-4-6-16(23-2)17(12-14)24-3/h4,6,12,15H,5,7-11H2,1-3H3,(H,19,21). The number of nitrogens with one attached hydrogen (secondary N) is 1. The first-order valence-corrected chi connectivity index (χ1v) is 8.29. The molecule has 0 aliphatic carbocycles. The van der Waals surface area contributed by atoms with E-state index < -0.39 is 0 Å². The lowest BCUT2D eigenvalue weighted by atomic mass is 10.0. The molecule has 0 radical (unpaired) electrons. The first kappa shape index (κ1) is 18.1. The van der Waals surface area contributed by atoms with E-state index in [-0.39, 0.29) is 17.9 Å². The van der Waals surface area contributed by atoms with Crippen molar-refractivity contribution in [3.8, 4) is 11.5 Å². The van der Waals surface area contributed by atoms with Crippen LogP contribution in [0.4, 0.5) is 0 Å². The van der Waals surface area contributed by atoms with Crippen LogP contribution in [0, 0.1) is 0 Å². The van der Waals surface area contributed by atoms with Crippen LogP contribution in [-0.4, -0.2) is 50.1 Å². The lowest BCUT2D eigenvalue weighted by molar-refractivity contribution is -0.132. The fraction of sp³-hybridized carbons (Fsp3) is 0.556. The van der Waals surface area contributed by atoms with Crippen LogP contribution in [0.1, 0.15) is 31.7 Å². The number of amides is 2. The van der Waals surface area contributed by atoms with Crippen molar-refractivity contribution in [1.82, 2.24) is 10.2 Å². The number of nitrogens with zero attached hydrogens (tertiary/aromatic N) is 1. The summed E-state index contributed by atoms with van der Waals surface area (Å²) in [5.74, 6) is 1.52. The van der Waals surface area contributed by atoms with E-state index in [1.165, 1.54) is 6.92 Å². The molecule has 1 heterocycles. The maximum atomic E-state index is 12.4. The Bertz CT molecular complexity index is 580. The van der Waals surface area contributed by atoms with Crippen LogP contribution >= 0.6 is 0 Å². The molecule has 132 valence electrons. The Morgan fingerprint density at radius 1 is 1.17 bits per heavy atom. The molecule has 0 aromatic heterocycles. The van der Waals surface area contributed by atoms with Crippen molar-refractivity contribution >= 4 is 11.8 Å². The van der Waals surface area contributed by atoms with Gasteiger partial charge < -0.3 is 19.7 Å². The Kier molecular flexibility index (Phi) is 6.46. The number of likely N-dealkylation sites (tertiary alicyclic amines) is 1. The monoisotopic (exact) mass is 334 g/mol. The third-order valence-electron chi connectivity index (χ3n) is 4.33.